The van der Waals surface area contributed by atoms with Crippen LogP contribution in [0.4, 0.5) is 0 Å². The molecule has 0 saturated carbocycles. The van der Waals surface area contributed by atoms with Crippen LogP contribution in [0.5, 0.6) is 0 Å². The molecule has 0 spiro atoms. The molecule has 32 heavy (non-hydrogen) atoms. The summed E-state index contributed by atoms with van der Waals surface area (Å²) in [6.45, 7) is 6.15. The lowest BCUT2D eigenvalue weighted by Gasteiger charge is -2.18. The number of fused-ring (bicyclic) bond motifs is 2. The second-order valence-corrected chi connectivity index (χ2v) is 8.47. The van der Waals surface area contributed by atoms with Gasteiger partial charge in [-0.05, 0) is 67.8 Å². The minimum absolute atomic E-state index is 1.14. The number of unbranched alkanes of at least 4 members (excludes halogenated alkanes) is 1. The molecule has 0 amide bonds. The Morgan fingerprint density at radius 3 is 1.44 bits per heavy atom. The molecule has 0 aliphatic rings. The molecule has 0 aliphatic heterocycles. The third kappa shape index (κ3) is 3.63. The van der Waals surface area contributed by atoms with Crippen molar-refractivity contribution in [3.8, 4) is 22.3 Å². The van der Waals surface area contributed by atoms with Crippen LogP contribution in [0.2, 0.25) is 0 Å². The van der Waals surface area contributed by atoms with Gasteiger partial charge in [0.1, 0.15) is 0 Å². The van der Waals surface area contributed by atoms with Crippen molar-refractivity contribution in [2.75, 3.05) is 0 Å². The van der Waals surface area contributed by atoms with Gasteiger partial charge in [0, 0.05) is 0 Å². The topological polar surface area (TPSA) is 0 Å². The molecule has 0 fully saturated rings. The first-order chi connectivity index (χ1) is 15.8. The standard InChI is InChI=1S/C32H28/c1-3-5-10-24-17-21-26(22-18-24)32-29-13-8-6-11-27(29)31(28-12-7-9-14-30(28)32)25-19-15-23(4-2)16-20-25/h4,6-9,11-22H,2-3,5,10H2,1H3. The van der Waals surface area contributed by atoms with E-state index >= 15 is 0 Å². The van der Waals surface area contributed by atoms with Gasteiger partial charge in [-0.3, -0.25) is 0 Å². The summed E-state index contributed by atoms with van der Waals surface area (Å²) < 4.78 is 0. The Morgan fingerprint density at radius 2 is 1.03 bits per heavy atom. The van der Waals surface area contributed by atoms with Gasteiger partial charge < -0.3 is 0 Å². The number of aryl methyl sites for hydroxylation is 1. The maximum absolute atomic E-state index is 3.90. The van der Waals surface area contributed by atoms with Crippen LogP contribution in [0.25, 0.3) is 49.9 Å². The van der Waals surface area contributed by atoms with Gasteiger partial charge in [-0.15, -0.1) is 0 Å². The van der Waals surface area contributed by atoms with Crippen LogP contribution in [0.3, 0.4) is 0 Å². The Balaban J connectivity index is 1.79. The van der Waals surface area contributed by atoms with E-state index < -0.39 is 0 Å². The highest BCUT2D eigenvalue weighted by atomic mass is 14.2. The average Bonchev–Trinajstić information content (AvgIpc) is 2.86. The van der Waals surface area contributed by atoms with E-state index in [1.165, 1.54) is 62.2 Å². The zero-order valence-corrected chi connectivity index (χ0v) is 18.6. The highest BCUT2D eigenvalue weighted by Gasteiger charge is 2.16. The molecule has 0 bridgehead atoms. The number of hydrogen-bond acceptors (Lipinski definition) is 0. The molecule has 156 valence electrons. The van der Waals surface area contributed by atoms with Crippen LogP contribution in [-0.4, -0.2) is 0 Å². The lowest BCUT2D eigenvalue weighted by molar-refractivity contribution is 0.795. The van der Waals surface area contributed by atoms with E-state index in [1.807, 2.05) is 6.08 Å². The molecule has 5 aromatic rings. The Morgan fingerprint density at radius 1 is 0.594 bits per heavy atom. The molecule has 0 atom stereocenters. The third-order valence-electron chi connectivity index (χ3n) is 6.43. The van der Waals surface area contributed by atoms with Gasteiger partial charge in [-0.1, -0.05) is 123 Å². The Bertz CT molecular complexity index is 1330. The van der Waals surface area contributed by atoms with Gasteiger partial charge in [-0.2, -0.15) is 0 Å². The lowest BCUT2D eigenvalue weighted by Crippen LogP contribution is -1.91. The first-order valence-electron chi connectivity index (χ1n) is 11.6. The molecule has 0 radical (unpaired) electrons. The Labute approximate surface area is 190 Å². The van der Waals surface area contributed by atoms with Crippen molar-refractivity contribution in [1.29, 1.82) is 0 Å². The zero-order valence-electron chi connectivity index (χ0n) is 18.6. The third-order valence-corrected chi connectivity index (χ3v) is 6.43. The van der Waals surface area contributed by atoms with Crippen molar-refractivity contribution >= 4 is 27.6 Å². The second-order valence-electron chi connectivity index (χ2n) is 8.47. The molecule has 0 heteroatoms. The van der Waals surface area contributed by atoms with E-state index in [9.17, 15) is 0 Å². The summed E-state index contributed by atoms with van der Waals surface area (Å²) in [7, 11) is 0. The van der Waals surface area contributed by atoms with E-state index in [2.05, 4.69) is 111 Å². The van der Waals surface area contributed by atoms with Gasteiger partial charge in [0.15, 0.2) is 0 Å². The summed E-state index contributed by atoms with van der Waals surface area (Å²) in [5, 5.41) is 5.19. The molecule has 0 aromatic heterocycles. The summed E-state index contributed by atoms with van der Waals surface area (Å²) in [4.78, 5) is 0. The van der Waals surface area contributed by atoms with Crippen LogP contribution < -0.4 is 0 Å². The summed E-state index contributed by atoms with van der Waals surface area (Å²) in [6, 6.07) is 35.6. The fourth-order valence-corrected chi connectivity index (χ4v) is 4.76. The smallest absolute Gasteiger partial charge is 0.00264 e. The maximum Gasteiger partial charge on any atom is -0.00264 e. The number of benzene rings is 5. The lowest BCUT2D eigenvalue weighted by atomic mass is 9.85. The highest BCUT2D eigenvalue weighted by molar-refractivity contribution is 6.21. The van der Waals surface area contributed by atoms with Gasteiger partial charge in [-0.25, -0.2) is 0 Å². The first kappa shape index (κ1) is 20.3. The quantitative estimate of drug-likeness (QED) is 0.244. The fourth-order valence-electron chi connectivity index (χ4n) is 4.76. The minimum atomic E-state index is 1.14. The summed E-state index contributed by atoms with van der Waals surface area (Å²) in [5.74, 6) is 0. The molecule has 0 heterocycles. The molecule has 0 aliphatic carbocycles. The van der Waals surface area contributed by atoms with Crippen molar-refractivity contribution < 1.29 is 0 Å². The van der Waals surface area contributed by atoms with Crippen LogP contribution in [-0.2, 0) is 6.42 Å². The van der Waals surface area contributed by atoms with Crippen molar-refractivity contribution in [2.24, 2.45) is 0 Å². The monoisotopic (exact) mass is 412 g/mol. The predicted octanol–water partition coefficient (Wildman–Crippen LogP) is 9.31. The van der Waals surface area contributed by atoms with Crippen molar-refractivity contribution in [1.82, 2.24) is 0 Å². The summed E-state index contributed by atoms with van der Waals surface area (Å²) in [5.41, 5.74) is 7.71. The number of hydrogen-bond donors (Lipinski definition) is 0. The Hall–Kier alpha value is -3.64. The van der Waals surface area contributed by atoms with E-state index in [0.717, 1.165) is 12.0 Å². The van der Waals surface area contributed by atoms with Crippen LogP contribution in [0.1, 0.15) is 30.9 Å². The van der Waals surface area contributed by atoms with Crippen molar-refractivity contribution in [3.05, 3.63) is 115 Å². The fraction of sp³-hybridized carbons (Fsp3) is 0.125. The normalized spacial score (nSPS) is 11.2. The van der Waals surface area contributed by atoms with E-state index in [-0.39, 0.29) is 0 Å². The minimum Gasteiger partial charge on any atom is -0.0985 e. The zero-order chi connectivity index (χ0) is 21.9. The van der Waals surface area contributed by atoms with Crippen LogP contribution in [0.15, 0.2) is 104 Å². The summed E-state index contributed by atoms with van der Waals surface area (Å²) in [6.07, 6.45) is 5.52. The molecule has 0 saturated heterocycles. The van der Waals surface area contributed by atoms with Gasteiger partial charge in [0.25, 0.3) is 0 Å². The van der Waals surface area contributed by atoms with Crippen molar-refractivity contribution in [2.45, 2.75) is 26.2 Å². The van der Waals surface area contributed by atoms with Crippen LogP contribution >= 0.6 is 0 Å². The van der Waals surface area contributed by atoms with Crippen LogP contribution in [0, 0.1) is 0 Å². The maximum atomic E-state index is 3.90. The first-order valence-corrected chi connectivity index (χ1v) is 11.6. The predicted molar refractivity (Wildman–Crippen MR) is 141 cm³/mol. The SMILES string of the molecule is C=Cc1ccc(-c2c3ccccc3c(-c3ccc(CCCC)cc3)c3ccccc23)cc1. The van der Waals surface area contributed by atoms with Gasteiger partial charge >= 0.3 is 0 Å². The van der Waals surface area contributed by atoms with E-state index in [1.54, 1.807) is 0 Å². The average molecular weight is 413 g/mol. The molecule has 5 aromatic carbocycles. The van der Waals surface area contributed by atoms with Gasteiger partial charge in [0.05, 0.1) is 0 Å². The molecular weight excluding hydrogens is 384 g/mol. The molecular formula is C32H28. The molecule has 0 N–H and O–H groups in total. The second kappa shape index (κ2) is 8.85. The molecule has 5 rings (SSSR count). The van der Waals surface area contributed by atoms with Gasteiger partial charge in [0.2, 0.25) is 0 Å². The molecule has 0 unspecified atom stereocenters. The molecule has 0 nitrogen and oxygen atoms in total. The number of rotatable bonds is 6. The highest BCUT2D eigenvalue weighted by Crippen LogP contribution is 2.43. The Kier molecular flexibility index (Phi) is 5.60. The van der Waals surface area contributed by atoms with Crippen molar-refractivity contribution in [3.63, 3.8) is 0 Å². The largest absolute Gasteiger partial charge is 0.0985 e. The van der Waals surface area contributed by atoms with E-state index in [0.29, 0.717) is 0 Å². The summed E-state index contributed by atoms with van der Waals surface area (Å²) >= 11 is 0. The van der Waals surface area contributed by atoms with E-state index in [4.69, 9.17) is 0 Å².